The van der Waals surface area contributed by atoms with E-state index in [0.29, 0.717) is 29.7 Å². The fourth-order valence-corrected chi connectivity index (χ4v) is 7.51. The molecule has 0 spiro atoms. The molecule has 2 unspecified atom stereocenters. The molecule has 0 aliphatic rings. The monoisotopic (exact) mass is 1050 g/mol. The van der Waals surface area contributed by atoms with Crippen molar-refractivity contribution in [1.82, 2.24) is 0 Å². The molecule has 0 aliphatic carbocycles. The Morgan fingerprint density at radius 3 is 1.21 bits per heavy atom. The lowest BCUT2D eigenvalue weighted by atomic mass is 10.0. The first-order valence-electron chi connectivity index (χ1n) is 19.3. The molecule has 0 aliphatic heterocycles. The van der Waals surface area contributed by atoms with Crippen LogP contribution in [0.15, 0.2) is 93.3 Å². The number of Topliss-reactive ketones (excluding diaryl/α,β-unsaturated/α-hetero) is 2. The molecule has 0 saturated heterocycles. The number of carbonyl (C=O) groups excluding carboxylic acids is 6. The van der Waals surface area contributed by atoms with Crippen LogP contribution in [-0.4, -0.2) is 47.3 Å². The van der Waals surface area contributed by atoms with Gasteiger partial charge in [0.1, 0.15) is 11.4 Å². The van der Waals surface area contributed by atoms with E-state index in [0.717, 1.165) is 13.8 Å². The third-order valence-corrected chi connectivity index (χ3v) is 12.3. The van der Waals surface area contributed by atoms with Crippen LogP contribution in [0.5, 0.6) is 0 Å². The summed E-state index contributed by atoms with van der Waals surface area (Å²) in [6, 6.07) is 13.9. The summed E-state index contributed by atoms with van der Waals surface area (Å²) in [5, 5.41) is 27.5. The van der Waals surface area contributed by atoms with E-state index >= 15 is 0 Å². The van der Waals surface area contributed by atoms with Crippen molar-refractivity contribution < 1.29 is 28.8 Å². The Hall–Kier alpha value is -5.16. The minimum atomic E-state index is -1.64. The van der Waals surface area contributed by atoms with Crippen molar-refractivity contribution in [2.24, 2.45) is 20.5 Å². The predicted octanol–water partition coefficient (Wildman–Crippen LogP) is 13.9. The summed E-state index contributed by atoms with van der Waals surface area (Å²) >= 11 is 49.7. The number of carbonyl (C=O) groups is 6. The van der Waals surface area contributed by atoms with Gasteiger partial charge in [-0.05, 0) is 111 Å². The van der Waals surface area contributed by atoms with Crippen LogP contribution in [0.25, 0.3) is 0 Å². The summed E-state index contributed by atoms with van der Waals surface area (Å²) in [5.41, 5.74) is 2.00. The van der Waals surface area contributed by atoms with E-state index in [1.54, 1.807) is 26.0 Å². The number of amides is 4. The third kappa shape index (κ3) is 12.6. The summed E-state index contributed by atoms with van der Waals surface area (Å²) in [4.78, 5) is 79.0. The minimum absolute atomic E-state index is 0.0240. The van der Waals surface area contributed by atoms with Crippen LogP contribution >= 0.6 is 92.8 Å². The third-order valence-electron chi connectivity index (χ3n) is 9.39. The number of nitrogens with one attached hydrogen (secondary N) is 4. The molecule has 0 saturated carbocycles. The molecule has 4 amide bonds. The first-order valence-corrected chi connectivity index (χ1v) is 22.4. The zero-order valence-corrected chi connectivity index (χ0v) is 40.8. The molecule has 22 heteroatoms. The first-order chi connectivity index (χ1) is 31.2. The molecular weight excluding hydrogens is 1020 g/mol. The van der Waals surface area contributed by atoms with Gasteiger partial charge in [0.2, 0.25) is 12.1 Å². The number of benzene rings is 5. The number of halogens is 8. The molecule has 0 fully saturated rings. The maximum absolute atomic E-state index is 13.7. The molecule has 0 bridgehead atoms. The highest BCUT2D eigenvalue weighted by molar-refractivity contribution is 6.47. The zero-order valence-electron chi connectivity index (χ0n) is 34.8. The quantitative estimate of drug-likeness (QED) is 0.0430. The van der Waals surface area contributed by atoms with E-state index in [9.17, 15) is 28.8 Å². The topological polar surface area (TPSA) is 200 Å². The molecule has 4 N–H and O–H groups in total. The van der Waals surface area contributed by atoms with Gasteiger partial charge in [-0.15, -0.1) is 0 Å². The molecule has 5 aromatic carbocycles. The number of azo groups is 2. The fraction of sp³-hybridized carbons (Fsp3) is 0.182. The molecule has 0 aromatic heterocycles. The van der Waals surface area contributed by atoms with Gasteiger partial charge < -0.3 is 21.3 Å². The number of hydrogen-bond donors (Lipinski definition) is 4. The van der Waals surface area contributed by atoms with E-state index < -0.39 is 47.3 Å². The number of nitrogens with zero attached hydrogens (tertiary/aromatic N) is 4. The largest absolute Gasteiger partial charge is 0.324 e. The summed E-state index contributed by atoms with van der Waals surface area (Å²) in [7, 11) is 0. The fourth-order valence-electron chi connectivity index (χ4n) is 5.95. The highest BCUT2D eigenvalue weighted by Gasteiger charge is 2.27. The number of aryl methyl sites for hydroxylation is 2. The van der Waals surface area contributed by atoms with Crippen LogP contribution in [-0.2, 0) is 32.0 Å². The molecule has 5 rings (SSSR count). The van der Waals surface area contributed by atoms with Gasteiger partial charge in [0, 0.05) is 22.5 Å². The zero-order chi connectivity index (χ0) is 48.6. The smallest absolute Gasteiger partial charge is 0.258 e. The highest BCUT2D eigenvalue weighted by atomic mass is 35.5. The van der Waals surface area contributed by atoms with Crippen molar-refractivity contribution in [3.8, 4) is 0 Å². The maximum Gasteiger partial charge on any atom is 0.258 e. The van der Waals surface area contributed by atoms with E-state index in [4.69, 9.17) is 92.8 Å². The van der Waals surface area contributed by atoms with Crippen molar-refractivity contribution in [2.45, 2.75) is 52.6 Å². The van der Waals surface area contributed by atoms with Crippen molar-refractivity contribution in [2.75, 3.05) is 21.3 Å². The van der Waals surface area contributed by atoms with Crippen LogP contribution in [0.4, 0.5) is 34.1 Å². The lowest BCUT2D eigenvalue weighted by molar-refractivity contribution is -0.127. The summed E-state index contributed by atoms with van der Waals surface area (Å²) in [6.45, 7) is 5.92. The van der Waals surface area contributed by atoms with Crippen LogP contribution < -0.4 is 21.3 Å². The van der Waals surface area contributed by atoms with Crippen molar-refractivity contribution in [3.63, 3.8) is 0 Å². The van der Waals surface area contributed by atoms with Gasteiger partial charge >= 0.3 is 0 Å². The molecule has 66 heavy (non-hydrogen) atoms. The normalized spacial score (nSPS) is 12.2. The average Bonchev–Trinajstić information content (AvgIpc) is 3.27. The Balaban J connectivity index is 1.32. The molecule has 2 atom stereocenters. The van der Waals surface area contributed by atoms with Crippen molar-refractivity contribution in [1.29, 1.82) is 0 Å². The maximum atomic E-state index is 13.7. The van der Waals surface area contributed by atoms with Crippen LogP contribution in [0.2, 0.25) is 40.2 Å². The lowest BCUT2D eigenvalue weighted by Gasteiger charge is -2.19. The number of rotatable bonds is 16. The van der Waals surface area contributed by atoms with E-state index in [2.05, 4.69) is 41.7 Å². The highest BCUT2D eigenvalue weighted by Crippen LogP contribution is 2.38. The van der Waals surface area contributed by atoms with Crippen LogP contribution in [0.1, 0.15) is 59.5 Å². The summed E-state index contributed by atoms with van der Waals surface area (Å²) in [5.74, 6) is -4.25. The predicted molar refractivity (Wildman–Crippen MR) is 262 cm³/mol. The van der Waals surface area contributed by atoms with Gasteiger partial charge in [0.25, 0.3) is 23.6 Å². The number of ketones is 2. The molecule has 342 valence electrons. The lowest BCUT2D eigenvalue weighted by Crippen LogP contribution is -2.33. The minimum Gasteiger partial charge on any atom is -0.324 e. The van der Waals surface area contributed by atoms with Crippen molar-refractivity contribution in [3.05, 3.63) is 135 Å². The number of anilines is 4. The van der Waals surface area contributed by atoms with Gasteiger partial charge in [0.15, 0.2) is 11.6 Å². The summed E-state index contributed by atoms with van der Waals surface area (Å²) in [6.07, 6.45) is 0.700. The second-order valence-electron chi connectivity index (χ2n) is 14.0. The van der Waals surface area contributed by atoms with Crippen LogP contribution in [0.3, 0.4) is 0 Å². The second kappa shape index (κ2) is 23.0. The number of hydrogen-bond acceptors (Lipinski definition) is 10. The Labute approximate surface area is 417 Å². The van der Waals surface area contributed by atoms with Crippen molar-refractivity contribution >= 4 is 162 Å². The Bertz CT molecular complexity index is 2830. The average molecular weight is 1050 g/mol. The molecule has 0 heterocycles. The second-order valence-corrected chi connectivity index (χ2v) is 17.2. The Morgan fingerprint density at radius 1 is 0.470 bits per heavy atom. The molecular formula is C44H34Cl8N8O6. The van der Waals surface area contributed by atoms with E-state index in [1.165, 1.54) is 60.7 Å². The van der Waals surface area contributed by atoms with Gasteiger partial charge in [-0.25, -0.2) is 0 Å². The van der Waals surface area contributed by atoms with Gasteiger partial charge in [0.05, 0.1) is 51.6 Å². The molecule has 5 aromatic rings. The Morgan fingerprint density at radius 2 is 0.833 bits per heavy atom. The van der Waals surface area contributed by atoms with Gasteiger partial charge in [-0.2, -0.15) is 20.5 Å². The molecule has 14 nitrogen and oxygen atoms in total. The van der Waals surface area contributed by atoms with E-state index in [-0.39, 0.29) is 79.7 Å². The van der Waals surface area contributed by atoms with Gasteiger partial charge in [-0.1, -0.05) is 107 Å². The van der Waals surface area contributed by atoms with Crippen LogP contribution in [0, 0.1) is 0 Å². The standard InChI is InChI=1S/C44H34Cl8N8O6/c1-5-21-15-25(53-43(65)36(19(3)61)59-57-32-17-23(7-9-26(32)45)41(63)55-39-30(49)13-11-28(47)34(39)51)16-22(6-2)38(21)54-44(66)37(20(4)62)60-58-33-18-24(8-10-27(33)46)42(64)56-40-31(50)14-12-29(48)35(40)52/h7-18,36-37H,5-6H2,1-4H3,(H,53,65)(H,54,66)(H,55,63)(H,56,64). The SMILES string of the molecule is CCc1cc(NC(=O)C(N=Nc2cc(C(=O)Nc3c(Cl)ccc(Cl)c3Cl)ccc2Cl)C(C)=O)cc(CC)c1NC(=O)C(N=Nc1cc(C(=O)Nc2c(Cl)ccc(Cl)c2Cl)ccc1Cl)C(C)=O. The van der Waals surface area contributed by atoms with E-state index in [1.807, 2.05) is 0 Å². The first kappa shape index (κ1) is 51.8. The summed E-state index contributed by atoms with van der Waals surface area (Å²) < 4.78 is 0. The Kier molecular flexibility index (Phi) is 18.1. The molecule has 0 radical (unpaired) electrons. The van der Waals surface area contributed by atoms with Gasteiger partial charge in [-0.3, -0.25) is 28.8 Å².